The lowest BCUT2D eigenvalue weighted by Crippen LogP contribution is -2.37. The van der Waals surface area contributed by atoms with Gasteiger partial charge in [0.1, 0.15) is 0 Å². The van der Waals surface area contributed by atoms with Gasteiger partial charge >= 0.3 is 0 Å². The van der Waals surface area contributed by atoms with E-state index >= 15 is 0 Å². The maximum atomic E-state index is 11.3. The maximum absolute atomic E-state index is 11.3. The van der Waals surface area contributed by atoms with Crippen molar-refractivity contribution in [3.63, 3.8) is 0 Å². The normalized spacial score (nSPS) is 20.6. The maximum Gasteiger partial charge on any atom is 0.248 e. The third-order valence-electron chi connectivity index (χ3n) is 3.65. The number of carbonyl (C=O) groups is 1. The minimum Gasteiger partial charge on any atom is -0.366 e. The lowest BCUT2D eigenvalue weighted by molar-refractivity contribution is 0.1000. The van der Waals surface area contributed by atoms with Crippen molar-refractivity contribution in [1.29, 1.82) is 0 Å². The number of hydrogen-bond donors (Lipinski definition) is 1. The number of thioether (sulfide) groups is 1. The van der Waals surface area contributed by atoms with Crippen LogP contribution < -0.4 is 5.73 Å². The Hall–Kier alpha value is -0.670. The van der Waals surface area contributed by atoms with Crippen molar-refractivity contribution in [2.24, 2.45) is 11.1 Å². The van der Waals surface area contributed by atoms with Crippen LogP contribution in [0, 0.1) is 5.41 Å². The van der Waals surface area contributed by atoms with Crippen molar-refractivity contribution >= 4 is 30.1 Å². The molecule has 0 bridgehead atoms. The Balaban J connectivity index is 0.00000180. The molecule has 0 spiro atoms. The number of benzene rings is 1. The molecule has 2 nitrogen and oxygen atoms in total. The first-order chi connectivity index (χ1) is 8.14. The van der Waals surface area contributed by atoms with Gasteiger partial charge in [-0.1, -0.05) is 34.6 Å². The molecule has 1 aliphatic rings. The largest absolute Gasteiger partial charge is 0.366 e. The van der Waals surface area contributed by atoms with Crippen molar-refractivity contribution in [3.8, 4) is 0 Å². The standard InChI is InChI=1S/C15H21NOS.ClH/c1-14(2,3)13-15(4,5)10-8-9(12(16)17)6-7-11(10)18-13;/h6-8,13H,1-5H3,(H2,16,17);1H. The van der Waals surface area contributed by atoms with E-state index in [1.54, 1.807) is 0 Å². The molecule has 1 aromatic carbocycles. The number of amides is 1. The average Bonchev–Trinajstić information content (AvgIpc) is 2.50. The van der Waals surface area contributed by atoms with E-state index in [4.69, 9.17) is 5.73 Å². The molecule has 1 aromatic rings. The Labute approximate surface area is 125 Å². The molecule has 0 radical (unpaired) electrons. The summed E-state index contributed by atoms with van der Waals surface area (Å²) in [6.07, 6.45) is 0. The van der Waals surface area contributed by atoms with Crippen LogP contribution in [-0.4, -0.2) is 11.2 Å². The zero-order chi connectivity index (χ0) is 13.7. The van der Waals surface area contributed by atoms with Crippen molar-refractivity contribution in [2.45, 2.75) is 50.2 Å². The molecule has 0 saturated heterocycles. The molecule has 0 aliphatic carbocycles. The van der Waals surface area contributed by atoms with Gasteiger partial charge in [-0.15, -0.1) is 24.2 Å². The van der Waals surface area contributed by atoms with E-state index in [2.05, 4.69) is 34.6 Å². The molecular formula is C15H22ClNOS. The van der Waals surface area contributed by atoms with E-state index in [-0.39, 0.29) is 29.1 Å². The predicted octanol–water partition coefficient (Wildman–Crippen LogP) is 4.01. The lowest BCUT2D eigenvalue weighted by atomic mass is 9.72. The van der Waals surface area contributed by atoms with Crippen LogP contribution in [0.4, 0.5) is 0 Å². The Kier molecular flexibility index (Phi) is 4.33. The zero-order valence-corrected chi connectivity index (χ0v) is 13.7. The van der Waals surface area contributed by atoms with E-state index in [1.807, 2.05) is 30.0 Å². The number of nitrogens with two attached hydrogens (primary N) is 1. The van der Waals surface area contributed by atoms with E-state index in [0.717, 1.165) is 0 Å². The first kappa shape index (κ1) is 16.4. The fraction of sp³-hybridized carbons (Fsp3) is 0.533. The quantitative estimate of drug-likeness (QED) is 0.851. The van der Waals surface area contributed by atoms with Gasteiger partial charge in [0, 0.05) is 21.1 Å². The second kappa shape index (κ2) is 5.02. The minimum absolute atomic E-state index is 0. The molecule has 0 fully saturated rings. The molecule has 1 amide bonds. The second-order valence-corrected chi connectivity index (χ2v) is 7.81. The zero-order valence-electron chi connectivity index (χ0n) is 12.1. The van der Waals surface area contributed by atoms with Crippen LogP contribution >= 0.6 is 24.2 Å². The Morgan fingerprint density at radius 3 is 2.37 bits per heavy atom. The van der Waals surface area contributed by atoms with Crippen LogP contribution in [-0.2, 0) is 5.41 Å². The molecule has 0 aromatic heterocycles. The molecule has 0 saturated carbocycles. The van der Waals surface area contributed by atoms with Crippen LogP contribution in [0.2, 0.25) is 0 Å². The van der Waals surface area contributed by atoms with E-state index in [0.29, 0.717) is 10.8 Å². The molecule has 1 aliphatic heterocycles. The van der Waals surface area contributed by atoms with E-state index in [1.165, 1.54) is 10.5 Å². The van der Waals surface area contributed by atoms with Crippen LogP contribution in [0.15, 0.2) is 23.1 Å². The fourth-order valence-electron chi connectivity index (χ4n) is 2.96. The summed E-state index contributed by atoms with van der Waals surface area (Å²) in [5.41, 5.74) is 7.51. The van der Waals surface area contributed by atoms with Crippen molar-refractivity contribution in [3.05, 3.63) is 29.3 Å². The highest BCUT2D eigenvalue weighted by molar-refractivity contribution is 8.00. The summed E-state index contributed by atoms with van der Waals surface area (Å²) in [6, 6.07) is 5.83. The van der Waals surface area contributed by atoms with Gasteiger partial charge in [-0.3, -0.25) is 4.79 Å². The Bertz CT molecular complexity index is 505. The van der Waals surface area contributed by atoms with Gasteiger partial charge in [0.2, 0.25) is 5.91 Å². The molecule has 106 valence electrons. The number of carbonyl (C=O) groups excluding carboxylic acids is 1. The monoisotopic (exact) mass is 299 g/mol. The summed E-state index contributed by atoms with van der Waals surface area (Å²) in [7, 11) is 0. The predicted molar refractivity (Wildman–Crippen MR) is 84.3 cm³/mol. The van der Waals surface area contributed by atoms with E-state index < -0.39 is 0 Å². The summed E-state index contributed by atoms with van der Waals surface area (Å²) in [5, 5.41) is 0.503. The minimum atomic E-state index is -0.349. The highest BCUT2D eigenvalue weighted by atomic mass is 35.5. The third-order valence-corrected chi connectivity index (χ3v) is 5.79. The van der Waals surface area contributed by atoms with Gasteiger partial charge in [0.15, 0.2) is 0 Å². The number of hydrogen-bond acceptors (Lipinski definition) is 2. The molecule has 1 atom stereocenters. The number of primary amides is 1. The third kappa shape index (κ3) is 2.77. The topological polar surface area (TPSA) is 43.1 Å². The number of fused-ring (bicyclic) bond motifs is 1. The molecule has 2 N–H and O–H groups in total. The molecule has 1 heterocycles. The fourth-order valence-corrected chi connectivity index (χ4v) is 4.59. The molecule has 1 unspecified atom stereocenters. The van der Waals surface area contributed by atoms with Gasteiger partial charge in [0.05, 0.1) is 0 Å². The van der Waals surface area contributed by atoms with Gasteiger partial charge in [0.25, 0.3) is 0 Å². The summed E-state index contributed by atoms with van der Waals surface area (Å²) in [6.45, 7) is 11.3. The molecule has 4 heteroatoms. The Morgan fingerprint density at radius 2 is 1.89 bits per heavy atom. The summed E-state index contributed by atoms with van der Waals surface area (Å²) in [4.78, 5) is 12.6. The summed E-state index contributed by atoms with van der Waals surface area (Å²) in [5.74, 6) is -0.349. The molecule has 2 rings (SSSR count). The number of halogens is 1. The number of rotatable bonds is 1. The SMILES string of the molecule is CC(C)(C)C1Sc2ccc(C(N)=O)cc2C1(C)C.Cl. The first-order valence-electron chi connectivity index (χ1n) is 6.25. The van der Waals surface area contributed by atoms with E-state index in [9.17, 15) is 4.79 Å². The summed E-state index contributed by atoms with van der Waals surface area (Å²) >= 11 is 1.92. The van der Waals surface area contributed by atoms with Gasteiger partial charge < -0.3 is 5.73 Å². The van der Waals surface area contributed by atoms with Gasteiger partial charge in [-0.25, -0.2) is 0 Å². The van der Waals surface area contributed by atoms with Crippen LogP contribution in [0.25, 0.3) is 0 Å². The van der Waals surface area contributed by atoms with Gasteiger partial charge in [-0.05, 0) is 29.2 Å². The van der Waals surface area contributed by atoms with Crippen LogP contribution in [0.5, 0.6) is 0 Å². The summed E-state index contributed by atoms with van der Waals surface area (Å²) < 4.78 is 0. The van der Waals surface area contributed by atoms with Crippen LogP contribution in [0.3, 0.4) is 0 Å². The van der Waals surface area contributed by atoms with Crippen molar-refractivity contribution in [2.75, 3.05) is 0 Å². The van der Waals surface area contributed by atoms with Crippen LogP contribution in [0.1, 0.15) is 50.5 Å². The van der Waals surface area contributed by atoms with Gasteiger partial charge in [-0.2, -0.15) is 0 Å². The average molecular weight is 300 g/mol. The molecule has 19 heavy (non-hydrogen) atoms. The second-order valence-electron chi connectivity index (χ2n) is 6.66. The molecular weight excluding hydrogens is 278 g/mol. The highest BCUT2D eigenvalue weighted by Gasteiger charge is 2.46. The first-order valence-corrected chi connectivity index (χ1v) is 7.13. The Morgan fingerprint density at radius 1 is 1.32 bits per heavy atom. The smallest absolute Gasteiger partial charge is 0.248 e. The highest BCUT2D eigenvalue weighted by Crippen LogP contribution is 2.55. The lowest BCUT2D eigenvalue weighted by Gasteiger charge is -2.37. The van der Waals surface area contributed by atoms with Crippen molar-refractivity contribution < 1.29 is 4.79 Å². The van der Waals surface area contributed by atoms with Crippen molar-refractivity contribution in [1.82, 2.24) is 0 Å².